The molecule has 0 fully saturated rings. The molecule has 75 heavy (non-hydrogen) atoms. The summed E-state index contributed by atoms with van der Waals surface area (Å²) in [4.78, 5) is 40.0. The fraction of sp³-hybridized carbons (Fsp3) is 0.877. The monoisotopic (exact) mass is 1080 g/mol. The standard InChI is InChI=1S/C65H125N2O7P/c1-7-10-13-16-19-22-25-28-30-32-33-34-35-36-38-40-43-46-49-52-55-58-65(69)74-63(56-53-50-47-44-41-27-24-21-18-15-12-9-3)62(61-73-75(70,71)72-60-59-67(4,5)6)66-64(68)57-54-51-48-45-42-39-37-31-29-26-23-20-17-14-11-8-2/h28,30-31,37,53,56,62-63H,7-27,29,32-36,38-52,54-55,57-61H2,1-6H3,(H-,66,68,70,71)/b30-28+,37-31+,56-53+. The molecule has 0 aromatic rings. The van der Waals surface area contributed by atoms with Gasteiger partial charge in [-0.25, -0.2) is 0 Å². The number of ether oxygens (including phenoxy) is 1. The van der Waals surface area contributed by atoms with Crippen molar-refractivity contribution in [2.24, 2.45) is 0 Å². The third-order valence-electron chi connectivity index (χ3n) is 14.5. The van der Waals surface area contributed by atoms with E-state index in [2.05, 4.69) is 50.4 Å². The van der Waals surface area contributed by atoms with Crippen LogP contribution in [0.4, 0.5) is 0 Å². The van der Waals surface area contributed by atoms with E-state index in [0.29, 0.717) is 17.4 Å². The number of hydrogen-bond donors (Lipinski definition) is 1. The first-order valence-corrected chi connectivity index (χ1v) is 33.8. The zero-order chi connectivity index (χ0) is 55.0. The number of nitrogens with one attached hydrogen (secondary N) is 1. The molecule has 10 heteroatoms. The van der Waals surface area contributed by atoms with Gasteiger partial charge in [-0.15, -0.1) is 0 Å². The van der Waals surface area contributed by atoms with Gasteiger partial charge in [0.1, 0.15) is 19.3 Å². The van der Waals surface area contributed by atoms with Gasteiger partial charge in [0, 0.05) is 12.8 Å². The molecule has 0 aromatic carbocycles. The SMILES string of the molecule is CCCCCCCC/C=C/CCCCCCCCCCCCCC(=O)OC(/C=C/CCCCCCCCCCCC)C(COP(=O)([O-])OCC[N+](C)(C)C)NC(=O)CCCCCCC/C=C/CCCCCCCCC. The Morgan fingerprint density at radius 3 is 1.13 bits per heavy atom. The lowest BCUT2D eigenvalue weighted by atomic mass is 10.0. The van der Waals surface area contributed by atoms with E-state index >= 15 is 0 Å². The Morgan fingerprint density at radius 2 is 0.773 bits per heavy atom. The lowest BCUT2D eigenvalue weighted by Crippen LogP contribution is -2.47. The number of allylic oxidation sites excluding steroid dienone is 5. The van der Waals surface area contributed by atoms with Gasteiger partial charge in [-0.2, -0.15) is 0 Å². The average molecular weight is 1080 g/mol. The van der Waals surface area contributed by atoms with E-state index in [1.54, 1.807) is 0 Å². The van der Waals surface area contributed by atoms with Gasteiger partial charge in [0.25, 0.3) is 7.82 Å². The van der Waals surface area contributed by atoms with Crippen LogP contribution in [0.5, 0.6) is 0 Å². The van der Waals surface area contributed by atoms with Crippen molar-refractivity contribution < 1.29 is 37.3 Å². The van der Waals surface area contributed by atoms with Gasteiger partial charge in [0.05, 0.1) is 33.8 Å². The fourth-order valence-electron chi connectivity index (χ4n) is 9.51. The lowest BCUT2D eigenvalue weighted by Gasteiger charge is -2.30. The minimum Gasteiger partial charge on any atom is -0.756 e. The number of esters is 1. The minimum absolute atomic E-state index is 0.0221. The van der Waals surface area contributed by atoms with Crippen molar-refractivity contribution in [3.8, 4) is 0 Å². The Bertz CT molecular complexity index is 1380. The molecule has 0 bridgehead atoms. The highest BCUT2D eigenvalue weighted by Gasteiger charge is 2.27. The van der Waals surface area contributed by atoms with Gasteiger partial charge in [-0.05, 0) is 83.1 Å². The Labute approximate surface area is 466 Å². The predicted molar refractivity (Wildman–Crippen MR) is 321 cm³/mol. The van der Waals surface area contributed by atoms with Gasteiger partial charge in [0.15, 0.2) is 0 Å². The molecule has 0 aliphatic heterocycles. The molecule has 3 atom stereocenters. The second kappa shape index (κ2) is 55.5. The molecule has 0 spiro atoms. The third-order valence-corrected chi connectivity index (χ3v) is 15.5. The minimum atomic E-state index is -4.70. The zero-order valence-electron chi connectivity index (χ0n) is 50.5. The molecular weight excluding hydrogens is 952 g/mol. The highest BCUT2D eigenvalue weighted by atomic mass is 31.2. The van der Waals surface area contributed by atoms with Gasteiger partial charge >= 0.3 is 5.97 Å². The summed E-state index contributed by atoms with van der Waals surface area (Å²) < 4.78 is 30.3. The first-order valence-electron chi connectivity index (χ1n) is 32.3. The number of unbranched alkanes of at least 4 members (excludes halogenated alkanes) is 39. The summed E-state index contributed by atoms with van der Waals surface area (Å²) in [6.45, 7) is 6.86. The molecule has 0 aromatic heterocycles. The highest BCUT2D eigenvalue weighted by molar-refractivity contribution is 7.45. The third kappa shape index (κ3) is 56.8. The molecule has 0 aliphatic rings. The van der Waals surface area contributed by atoms with Crippen LogP contribution in [0.1, 0.15) is 316 Å². The average Bonchev–Trinajstić information content (AvgIpc) is 3.37. The van der Waals surface area contributed by atoms with Crippen LogP contribution < -0.4 is 10.2 Å². The van der Waals surface area contributed by atoms with E-state index in [9.17, 15) is 19.0 Å². The largest absolute Gasteiger partial charge is 0.756 e. The second-order valence-corrected chi connectivity index (χ2v) is 24.7. The van der Waals surface area contributed by atoms with Crippen LogP contribution in [0.2, 0.25) is 0 Å². The maximum Gasteiger partial charge on any atom is 0.306 e. The molecular formula is C65H125N2O7P. The lowest BCUT2D eigenvalue weighted by molar-refractivity contribution is -0.870. The van der Waals surface area contributed by atoms with Crippen LogP contribution in [0, 0.1) is 0 Å². The number of quaternary nitrogens is 1. The molecule has 442 valence electrons. The summed E-state index contributed by atoms with van der Waals surface area (Å²) in [5, 5.41) is 3.03. The number of amides is 1. The highest BCUT2D eigenvalue weighted by Crippen LogP contribution is 2.38. The van der Waals surface area contributed by atoms with Gasteiger partial charge in [0.2, 0.25) is 5.91 Å². The number of likely N-dealkylation sites (N-methyl/N-ethyl adjacent to an activating group) is 1. The van der Waals surface area contributed by atoms with E-state index < -0.39 is 20.0 Å². The number of carbonyl (C=O) groups excluding carboxylic acids is 2. The van der Waals surface area contributed by atoms with E-state index in [1.807, 2.05) is 33.3 Å². The summed E-state index contributed by atoms with van der Waals surface area (Å²) in [7, 11) is 1.19. The van der Waals surface area contributed by atoms with Gasteiger partial charge in [-0.3, -0.25) is 14.2 Å². The number of hydrogen-bond acceptors (Lipinski definition) is 7. The maximum absolute atomic E-state index is 13.5. The first-order chi connectivity index (χ1) is 36.4. The predicted octanol–water partition coefficient (Wildman–Crippen LogP) is 19.3. The quantitative estimate of drug-likeness (QED) is 0.0212. The number of phosphoric acid groups is 1. The van der Waals surface area contributed by atoms with Gasteiger partial charge in [-0.1, -0.05) is 257 Å². The Kier molecular flexibility index (Phi) is 54.2. The van der Waals surface area contributed by atoms with Crippen LogP contribution in [-0.2, 0) is 27.9 Å². The molecule has 0 radical (unpaired) electrons. The van der Waals surface area contributed by atoms with Crippen LogP contribution in [-0.4, -0.2) is 69.4 Å². The Balaban J connectivity index is 5.19. The number of nitrogens with zero attached hydrogens (tertiary/aromatic N) is 1. The molecule has 0 rings (SSSR count). The van der Waals surface area contributed by atoms with Crippen molar-refractivity contribution in [1.82, 2.24) is 5.32 Å². The number of carbonyl (C=O) groups is 2. The molecule has 0 saturated carbocycles. The van der Waals surface area contributed by atoms with Crippen LogP contribution in [0.15, 0.2) is 36.5 Å². The van der Waals surface area contributed by atoms with Crippen molar-refractivity contribution in [2.75, 3.05) is 40.9 Å². The smallest absolute Gasteiger partial charge is 0.306 e. The summed E-state index contributed by atoms with van der Waals surface area (Å²) in [5.41, 5.74) is 0. The van der Waals surface area contributed by atoms with Crippen molar-refractivity contribution >= 4 is 19.7 Å². The van der Waals surface area contributed by atoms with E-state index in [-0.39, 0.29) is 31.5 Å². The summed E-state index contributed by atoms with van der Waals surface area (Å²) in [5.74, 6) is -0.539. The molecule has 9 nitrogen and oxygen atoms in total. The van der Waals surface area contributed by atoms with E-state index in [1.165, 1.54) is 205 Å². The summed E-state index contributed by atoms with van der Waals surface area (Å²) in [6, 6.07) is -0.890. The molecule has 1 N–H and O–H groups in total. The number of phosphoric ester groups is 1. The van der Waals surface area contributed by atoms with Crippen LogP contribution in [0.25, 0.3) is 0 Å². The Hall–Kier alpha value is -1.77. The van der Waals surface area contributed by atoms with E-state index in [4.69, 9.17) is 13.8 Å². The maximum atomic E-state index is 13.5. The molecule has 0 saturated heterocycles. The van der Waals surface area contributed by atoms with Crippen LogP contribution >= 0.6 is 7.82 Å². The summed E-state index contributed by atoms with van der Waals surface area (Å²) in [6.07, 6.45) is 66.8. The fourth-order valence-corrected chi connectivity index (χ4v) is 10.2. The first kappa shape index (κ1) is 73.2. The van der Waals surface area contributed by atoms with Crippen molar-refractivity contribution in [2.45, 2.75) is 328 Å². The number of rotatable bonds is 59. The van der Waals surface area contributed by atoms with Crippen molar-refractivity contribution in [3.05, 3.63) is 36.5 Å². The van der Waals surface area contributed by atoms with Crippen LogP contribution in [0.3, 0.4) is 0 Å². The molecule has 0 heterocycles. The zero-order valence-corrected chi connectivity index (χ0v) is 51.4. The Morgan fingerprint density at radius 1 is 0.453 bits per heavy atom. The second-order valence-electron chi connectivity index (χ2n) is 23.3. The molecule has 0 aliphatic carbocycles. The molecule has 1 amide bonds. The van der Waals surface area contributed by atoms with Crippen molar-refractivity contribution in [3.63, 3.8) is 0 Å². The molecule has 3 unspecified atom stereocenters. The van der Waals surface area contributed by atoms with Crippen molar-refractivity contribution in [1.29, 1.82) is 0 Å². The summed E-state index contributed by atoms with van der Waals surface area (Å²) >= 11 is 0. The topological polar surface area (TPSA) is 114 Å². The van der Waals surface area contributed by atoms with Gasteiger partial charge < -0.3 is 28.5 Å². The normalized spacial score (nSPS) is 13.9. The van der Waals surface area contributed by atoms with E-state index in [0.717, 1.165) is 77.0 Å².